The van der Waals surface area contributed by atoms with Gasteiger partial charge in [0.15, 0.2) is 0 Å². The van der Waals surface area contributed by atoms with Gasteiger partial charge in [0.25, 0.3) is 0 Å². The summed E-state index contributed by atoms with van der Waals surface area (Å²) in [6, 6.07) is 55.5. The van der Waals surface area contributed by atoms with E-state index in [2.05, 4.69) is 180 Å². The Hall–Kier alpha value is -6.20. The van der Waals surface area contributed by atoms with E-state index in [1.54, 1.807) is 0 Å². The summed E-state index contributed by atoms with van der Waals surface area (Å²) in [4.78, 5) is 0. The van der Waals surface area contributed by atoms with Crippen molar-refractivity contribution >= 4 is 113 Å². The number of rotatable bonds is 5. The number of para-hydroxylation sites is 2. The first kappa shape index (κ1) is 30.4. The van der Waals surface area contributed by atoms with Crippen LogP contribution in [-0.2, 0) is 0 Å². The highest BCUT2D eigenvalue weighted by Crippen LogP contribution is 2.43. The van der Waals surface area contributed by atoms with Gasteiger partial charge in [-0.3, -0.25) is 0 Å². The van der Waals surface area contributed by atoms with Crippen LogP contribution >= 0.6 is 22.7 Å². The predicted octanol–water partition coefficient (Wildman–Crippen LogP) is 14.7. The number of benzene rings is 7. The number of thiophene rings is 2. The number of fused-ring (bicyclic) bond motifs is 10. The smallest absolute Gasteiger partial charge is 0.0555 e. The average Bonchev–Trinajstić information content (AvgIpc) is 3.95. The van der Waals surface area contributed by atoms with Crippen molar-refractivity contribution in [2.75, 3.05) is 0 Å². The molecule has 11 aromatic rings. The van der Waals surface area contributed by atoms with Crippen LogP contribution in [0.15, 0.2) is 158 Å². The summed E-state index contributed by atoms with van der Waals surface area (Å²) in [6.07, 6.45) is 4.39. The molecule has 0 spiro atoms. The van der Waals surface area contributed by atoms with Gasteiger partial charge in [-0.05, 0) is 90.9 Å². The lowest BCUT2D eigenvalue weighted by Crippen LogP contribution is -1.97. The number of hydrogen-bond donors (Lipinski definition) is 0. The Morgan fingerprint density at radius 3 is 1.64 bits per heavy atom. The minimum atomic E-state index is 1.10. The molecule has 0 bridgehead atoms. The number of allylic oxidation sites excluding steroid dienone is 1. The third kappa shape index (κ3) is 4.43. The Morgan fingerprint density at radius 1 is 0.491 bits per heavy atom. The highest BCUT2D eigenvalue weighted by atomic mass is 32.1. The number of aromatic nitrogens is 2. The minimum absolute atomic E-state index is 1.10. The van der Waals surface area contributed by atoms with Crippen molar-refractivity contribution in [2.24, 2.45) is 0 Å². The average molecular weight is 713 g/mol. The van der Waals surface area contributed by atoms with Gasteiger partial charge in [0.2, 0.25) is 0 Å². The third-order valence-corrected chi connectivity index (χ3v) is 13.1. The van der Waals surface area contributed by atoms with Crippen molar-refractivity contribution in [1.82, 2.24) is 9.13 Å². The molecule has 11 rings (SSSR count). The van der Waals surface area contributed by atoms with Crippen molar-refractivity contribution in [2.45, 2.75) is 6.92 Å². The Kier molecular flexibility index (Phi) is 6.69. The van der Waals surface area contributed by atoms with Crippen molar-refractivity contribution in [3.8, 4) is 11.4 Å². The van der Waals surface area contributed by atoms with Crippen LogP contribution in [0.5, 0.6) is 0 Å². The van der Waals surface area contributed by atoms with Crippen LogP contribution in [0.1, 0.15) is 23.7 Å². The van der Waals surface area contributed by atoms with Gasteiger partial charge in [-0.1, -0.05) is 97.6 Å². The molecule has 0 aliphatic carbocycles. The van der Waals surface area contributed by atoms with Gasteiger partial charge in [-0.2, -0.15) is 0 Å². The molecule has 0 radical (unpaired) electrons. The second kappa shape index (κ2) is 11.7. The van der Waals surface area contributed by atoms with Crippen LogP contribution in [0.25, 0.3) is 102 Å². The molecule has 0 amide bonds. The van der Waals surface area contributed by atoms with E-state index in [0.717, 1.165) is 5.69 Å². The van der Waals surface area contributed by atoms with E-state index in [4.69, 9.17) is 0 Å². The molecule has 0 saturated heterocycles. The van der Waals surface area contributed by atoms with Gasteiger partial charge in [-0.15, -0.1) is 22.7 Å². The van der Waals surface area contributed by atoms with E-state index in [1.807, 2.05) is 28.7 Å². The Balaban J connectivity index is 1.12. The fraction of sp³-hybridized carbons (Fsp3) is 0.0204. The second-order valence-electron chi connectivity index (χ2n) is 13.8. The minimum Gasteiger partial charge on any atom is -0.309 e. The molecule has 4 heteroatoms. The molecule has 7 aromatic carbocycles. The zero-order valence-corrected chi connectivity index (χ0v) is 30.6. The first-order valence-corrected chi connectivity index (χ1v) is 19.6. The van der Waals surface area contributed by atoms with Crippen LogP contribution in [-0.4, -0.2) is 9.13 Å². The Labute approximate surface area is 314 Å². The molecule has 0 N–H and O–H groups in total. The number of nitrogens with zero attached hydrogens (tertiary/aromatic N) is 2. The summed E-state index contributed by atoms with van der Waals surface area (Å²) in [5, 5.41) is 8.93. The maximum atomic E-state index is 4.38. The summed E-state index contributed by atoms with van der Waals surface area (Å²) in [6.45, 7) is 6.62. The fourth-order valence-electron chi connectivity index (χ4n) is 8.56. The molecule has 250 valence electrons. The molecule has 0 aliphatic heterocycles. The van der Waals surface area contributed by atoms with Crippen molar-refractivity contribution in [3.63, 3.8) is 0 Å². The highest BCUT2D eigenvalue weighted by molar-refractivity contribution is 7.26. The third-order valence-electron chi connectivity index (χ3n) is 10.9. The van der Waals surface area contributed by atoms with Crippen molar-refractivity contribution in [1.29, 1.82) is 0 Å². The van der Waals surface area contributed by atoms with Crippen LogP contribution in [0.4, 0.5) is 0 Å². The summed E-state index contributed by atoms with van der Waals surface area (Å²) < 4.78 is 10.1. The highest BCUT2D eigenvalue weighted by Gasteiger charge is 2.20. The van der Waals surface area contributed by atoms with Gasteiger partial charge in [0.05, 0.1) is 33.6 Å². The molecule has 4 heterocycles. The Morgan fingerprint density at radius 2 is 1.00 bits per heavy atom. The summed E-state index contributed by atoms with van der Waals surface area (Å²) in [7, 11) is 0. The standard InChI is InChI=1S/C49H32N2S2/c1-3-38-36(32-14-4-8-18-39(32)50(38)42-20-12-24-46-48(42)34-16-6-10-22-44(34)52-46)28-30(2)31-26-27-41-37(29-31)33-15-5-9-19-40(33)51(41)43-21-13-25-47-49(43)35-17-7-11-23-45(35)53-47/h3-29H,1H2,2H3/b30-28+. The topological polar surface area (TPSA) is 9.86 Å². The molecular formula is C49H32N2S2. The van der Waals surface area contributed by atoms with Gasteiger partial charge >= 0.3 is 0 Å². The fourth-order valence-corrected chi connectivity index (χ4v) is 10.8. The molecule has 0 aliphatic rings. The molecule has 0 atom stereocenters. The molecule has 53 heavy (non-hydrogen) atoms. The molecule has 4 aromatic heterocycles. The first-order valence-electron chi connectivity index (χ1n) is 18.0. The molecular weight excluding hydrogens is 681 g/mol. The Bertz CT molecular complexity index is 3320. The van der Waals surface area contributed by atoms with E-state index in [-0.39, 0.29) is 0 Å². The lowest BCUT2D eigenvalue weighted by molar-refractivity contribution is 1.12. The van der Waals surface area contributed by atoms with Crippen molar-refractivity contribution < 1.29 is 0 Å². The predicted molar refractivity (Wildman–Crippen MR) is 233 cm³/mol. The second-order valence-corrected chi connectivity index (χ2v) is 15.9. The lowest BCUT2D eigenvalue weighted by Gasteiger charge is -2.12. The lowest BCUT2D eigenvalue weighted by atomic mass is 10.0. The van der Waals surface area contributed by atoms with E-state index >= 15 is 0 Å². The molecule has 0 unspecified atom stereocenters. The van der Waals surface area contributed by atoms with E-state index < -0.39 is 0 Å². The molecule has 0 fully saturated rings. The maximum absolute atomic E-state index is 4.38. The zero-order valence-electron chi connectivity index (χ0n) is 29.0. The summed E-state index contributed by atoms with van der Waals surface area (Å²) in [5.74, 6) is 0. The van der Waals surface area contributed by atoms with E-state index in [1.165, 1.54) is 101 Å². The van der Waals surface area contributed by atoms with E-state index in [9.17, 15) is 0 Å². The SMILES string of the molecule is C=Cc1c(/C=C(\C)c2ccc3c(c2)c2ccccc2n3-c2cccc3sc4ccccc4c23)c2ccccc2n1-c1cccc2sc3ccccc3c12. The summed E-state index contributed by atoms with van der Waals surface area (Å²) >= 11 is 3.72. The summed E-state index contributed by atoms with van der Waals surface area (Å²) in [5.41, 5.74) is 10.7. The normalized spacial score (nSPS) is 12.4. The van der Waals surface area contributed by atoms with Crippen molar-refractivity contribution in [3.05, 3.63) is 175 Å². The molecule has 2 nitrogen and oxygen atoms in total. The largest absolute Gasteiger partial charge is 0.309 e. The van der Waals surface area contributed by atoms with Gasteiger partial charge < -0.3 is 9.13 Å². The first-order chi connectivity index (χ1) is 26.2. The van der Waals surface area contributed by atoms with Crippen LogP contribution < -0.4 is 0 Å². The van der Waals surface area contributed by atoms with Gasteiger partial charge in [-0.25, -0.2) is 0 Å². The quantitative estimate of drug-likeness (QED) is 0.168. The monoisotopic (exact) mass is 712 g/mol. The van der Waals surface area contributed by atoms with Gasteiger partial charge in [0.1, 0.15) is 0 Å². The van der Waals surface area contributed by atoms with Crippen LogP contribution in [0.2, 0.25) is 0 Å². The van der Waals surface area contributed by atoms with Crippen LogP contribution in [0.3, 0.4) is 0 Å². The number of hydrogen-bond acceptors (Lipinski definition) is 2. The molecule has 0 saturated carbocycles. The van der Waals surface area contributed by atoms with Gasteiger partial charge in [0, 0.05) is 62.1 Å². The zero-order chi connectivity index (χ0) is 35.2. The maximum Gasteiger partial charge on any atom is 0.0555 e. The van der Waals surface area contributed by atoms with Crippen LogP contribution in [0, 0.1) is 0 Å². The van der Waals surface area contributed by atoms with E-state index in [0.29, 0.717) is 0 Å².